The Kier molecular flexibility index (Phi) is 4.11. The molecule has 0 spiro atoms. The zero-order valence-corrected chi connectivity index (χ0v) is 9.95. The van der Waals surface area contributed by atoms with Crippen LogP contribution in [0.1, 0.15) is 33.1 Å². The number of nitrogens with zero attached hydrogens (tertiary/aromatic N) is 1. The molecule has 1 saturated heterocycles. The van der Waals surface area contributed by atoms with Crippen LogP contribution in [0.3, 0.4) is 0 Å². The molecule has 1 rings (SSSR count). The standard InChI is InChI=1S/C11H22N2O2/c1-9-5-4-7-13(9)8-6-11(2,12)10(14)15-3/h9H,4-8,12H2,1-3H3. The van der Waals surface area contributed by atoms with Crippen LogP contribution >= 0.6 is 0 Å². The first-order valence-electron chi connectivity index (χ1n) is 5.58. The molecule has 1 aliphatic rings. The lowest BCUT2D eigenvalue weighted by molar-refractivity contribution is -0.146. The minimum Gasteiger partial charge on any atom is -0.468 e. The van der Waals surface area contributed by atoms with Gasteiger partial charge in [-0.1, -0.05) is 0 Å². The average molecular weight is 214 g/mol. The molecule has 2 atom stereocenters. The van der Waals surface area contributed by atoms with Crippen molar-refractivity contribution in [3.05, 3.63) is 0 Å². The summed E-state index contributed by atoms with van der Waals surface area (Å²) in [6.45, 7) is 5.96. The smallest absolute Gasteiger partial charge is 0.325 e. The minimum absolute atomic E-state index is 0.325. The van der Waals surface area contributed by atoms with Crippen molar-refractivity contribution < 1.29 is 9.53 Å². The van der Waals surface area contributed by atoms with Crippen molar-refractivity contribution in [3.8, 4) is 0 Å². The monoisotopic (exact) mass is 214 g/mol. The predicted molar refractivity (Wildman–Crippen MR) is 59.5 cm³/mol. The van der Waals surface area contributed by atoms with Gasteiger partial charge < -0.3 is 15.4 Å². The largest absolute Gasteiger partial charge is 0.468 e. The molecule has 0 aromatic carbocycles. The first kappa shape index (κ1) is 12.5. The topological polar surface area (TPSA) is 55.6 Å². The minimum atomic E-state index is -0.850. The first-order valence-corrected chi connectivity index (χ1v) is 5.58. The molecule has 0 bridgehead atoms. The summed E-state index contributed by atoms with van der Waals surface area (Å²) in [5.41, 5.74) is 5.04. The Morgan fingerprint density at radius 3 is 2.80 bits per heavy atom. The van der Waals surface area contributed by atoms with Gasteiger partial charge in [0, 0.05) is 12.6 Å². The summed E-state index contributed by atoms with van der Waals surface area (Å²) in [5.74, 6) is -0.325. The zero-order valence-electron chi connectivity index (χ0n) is 9.95. The maximum atomic E-state index is 11.4. The number of likely N-dealkylation sites (tertiary alicyclic amines) is 1. The quantitative estimate of drug-likeness (QED) is 0.702. The molecule has 15 heavy (non-hydrogen) atoms. The Bertz CT molecular complexity index is 229. The molecular weight excluding hydrogens is 192 g/mol. The molecule has 0 aliphatic carbocycles. The first-order chi connectivity index (χ1) is 6.97. The molecule has 0 aromatic heterocycles. The molecule has 2 unspecified atom stereocenters. The lowest BCUT2D eigenvalue weighted by Crippen LogP contribution is -2.48. The van der Waals surface area contributed by atoms with Gasteiger partial charge in [0.15, 0.2) is 0 Å². The van der Waals surface area contributed by atoms with Gasteiger partial charge in [0.25, 0.3) is 0 Å². The third-order valence-electron chi connectivity index (χ3n) is 3.26. The Morgan fingerprint density at radius 2 is 2.33 bits per heavy atom. The van der Waals surface area contributed by atoms with E-state index < -0.39 is 5.54 Å². The molecule has 2 N–H and O–H groups in total. The van der Waals surface area contributed by atoms with E-state index in [1.54, 1.807) is 6.92 Å². The van der Waals surface area contributed by atoms with Crippen LogP contribution in [-0.2, 0) is 9.53 Å². The van der Waals surface area contributed by atoms with Gasteiger partial charge in [-0.05, 0) is 39.7 Å². The number of nitrogens with two attached hydrogens (primary N) is 1. The Balaban J connectivity index is 2.38. The third-order valence-corrected chi connectivity index (χ3v) is 3.26. The number of hydrogen-bond donors (Lipinski definition) is 1. The van der Waals surface area contributed by atoms with Crippen LogP contribution in [0, 0.1) is 0 Å². The van der Waals surface area contributed by atoms with Gasteiger partial charge in [-0.3, -0.25) is 4.79 Å². The molecule has 0 aromatic rings. The van der Waals surface area contributed by atoms with Crippen LogP contribution in [0.2, 0.25) is 0 Å². The number of carbonyl (C=O) groups is 1. The number of methoxy groups -OCH3 is 1. The fourth-order valence-electron chi connectivity index (χ4n) is 2.04. The van der Waals surface area contributed by atoms with E-state index in [0.29, 0.717) is 12.5 Å². The molecule has 0 saturated carbocycles. The van der Waals surface area contributed by atoms with E-state index >= 15 is 0 Å². The molecule has 4 nitrogen and oxygen atoms in total. The Hall–Kier alpha value is -0.610. The molecule has 88 valence electrons. The van der Waals surface area contributed by atoms with E-state index in [9.17, 15) is 4.79 Å². The third kappa shape index (κ3) is 3.18. The molecule has 0 amide bonds. The summed E-state index contributed by atoms with van der Waals surface area (Å²) < 4.78 is 4.67. The van der Waals surface area contributed by atoms with Crippen molar-refractivity contribution in [2.45, 2.75) is 44.7 Å². The highest BCUT2D eigenvalue weighted by molar-refractivity contribution is 5.79. The SMILES string of the molecule is COC(=O)C(C)(N)CCN1CCCC1C. The van der Waals surface area contributed by atoms with Crippen LogP contribution in [0.4, 0.5) is 0 Å². The van der Waals surface area contributed by atoms with Gasteiger partial charge in [-0.15, -0.1) is 0 Å². The van der Waals surface area contributed by atoms with E-state index in [0.717, 1.165) is 13.1 Å². The average Bonchev–Trinajstić information content (AvgIpc) is 2.60. The molecule has 4 heteroatoms. The van der Waals surface area contributed by atoms with Gasteiger partial charge in [-0.2, -0.15) is 0 Å². The van der Waals surface area contributed by atoms with Crippen LogP contribution in [-0.4, -0.2) is 42.6 Å². The highest BCUT2D eigenvalue weighted by Crippen LogP contribution is 2.18. The fraction of sp³-hybridized carbons (Fsp3) is 0.909. The lowest BCUT2D eigenvalue weighted by atomic mass is 9.99. The summed E-state index contributed by atoms with van der Waals surface area (Å²) >= 11 is 0. The second-order valence-corrected chi connectivity index (χ2v) is 4.69. The number of esters is 1. The van der Waals surface area contributed by atoms with Crippen LogP contribution in [0.15, 0.2) is 0 Å². The number of ether oxygens (including phenoxy) is 1. The molecule has 1 fully saturated rings. The van der Waals surface area contributed by atoms with Gasteiger partial charge in [0.05, 0.1) is 7.11 Å². The summed E-state index contributed by atoms with van der Waals surface area (Å²) in [6, 6.07) is 0.624. The Morgan fingerprint density at radius 1 is 1.67 bits per heavy atom. The highest BCUT2D eigenvalue weighted by Gasteiger charge is 2.31. The van der Waals surface area contributed by atoms with Crippen molar-refractivity contribution in [3.63, 3.8) is 0 Å². The van der Waals surface area contributed by atoms with E-state index in [-0.39, 0.29) is 5.97 Å². The number of hydrogen-bond acceptors (Lipinski definition) is 4. The molecule has 0 radical (unpaired) electrons. The molecular formula is C11H22N2O2. The molecule has 1 heterocycles. The summed E-state index contributed by atoms with van der Waals surface area (Å²) in [7, 11) is 1.38. The van der Waals surface area contributed by atoms with Crippen LogP contribution < -0.4 is 5.73 Å². The second kappa shape index (κ2) is 4.94. The summed E-state index contributed by atoms with van der Waals surface area (Å²) in [4.78, 5) is 13.7. The van der Waals surface area contributed by atoms with E-state index in [1.165, 1.54) is 20.0 Å². The Labute approximate surface area is 91.8 Å². The maximum absolute atomic E-state index is 11.4. The van der Waals surface area contributed by atoms with Gasteiger partial charge in [0.2, 0.25) is 0 Å². The summed E-state index contributed by atoms with van der Waals surface area (Å²) in [6.07, 6.45) is 3.16. The van der Waals surface area contributed by atoms with Crippen LogP contribution in [0.25, 0.3) is 0 Å². The zero-order chi connectivity index (χ0) is 11.5. The van der Waals surface area contributed by atoms with E-state index in [1.807, 2.05) is 0 Å². The summed E-state index contributed by atoms with van der Waals surface area (Å²) in [5, 5.41) is 0. The van der Waals surface area contributed by atoms with Crippen molar-refractivity contribution in [1.29, 1.82) is 0 Å². The van der Waals surface area contributed by atoms with Gasteiger partial charge in [-0.25, -0.2) is 0 Å². The number of carbonyl (C=O) groups excluding carboxylic acids is 1. The lowest BCUT2D eigenvalue weighted by Gasteiger charge is -2.27. The normalized spacial score (nSPS) is 26.3. The fourth-order valence-corrected chi connectivity index (χ4v) is 2.04. The van der Waals surface area contributed by atoms with Crippen molar-refractivity contribution >= 4 is 5.97 Å². The predicted octanol–water partition coefficient (Wildman–Crippen LogP) is 0.751. The second-order valence-electron chi connectivity index (χ2n) is 4.69. The van der Waals surface area contributed by atoms with Crippen molar-refractivity contribution in [2.24, 2.45) is 5.73 Å². The van der Waals surface area contributed by atoms with Gasteiger partial charge >= 0.3 is 5.97 Å². The van der Waals surface area contributed by atoms with Gasteiger partial charge in [0.1, 0.15) is 5.54 Å². The van der Waals surface area contributed by atoms with E-state index in [4.69, 9.17) is 5.73 Å². The highest BCUT2D eigenvalue weighted by atomic mass is 16.5. The van der Waals surface area contributed by atoms with Crippen molar-refractivity contribution in [2.75, 3.05) is 20.2 Å². The molecule has 1 aliphatic heterocycles. The van der Waals surface area contributed by atoms with E-state index in [2.05, 4.69) is 16.6 Å². The number of rotatable bonds is 4. The van der Waals surface area contributed by atoms with Crippen LogP contribution in [0.5, 0.6) is 0 Å². The van der Waals surface area contributed by atoms with Crippen molar-refractivity contribution in [1.82, 2.24) is 4.90 Å². The maximum Gasteiger partial charge on any atom is 0.325 e.